The summed E-state index contributed by atoms with van der Waals surface area (Å²) < 4.78 is 5.17. The SMILES string of the molecule is Cc1cccc(-c2noc(-c3ccc(C#N)cn3)n2)n1. The maximum Gasteiger partial charge on any atom is 0.276 e. The largest absolute Gasteiger partial charge is 0.332 e. The van der Waals surface area contributed by atoms with Gasteiger partial charge in [0.25, 0.3) is 5.89 Å². The summed E-state index contributed by atoms with van der Waals surface area (Å²) in [4.78, 5) is 12.7. The Balaban J connectivity index is 1.95. The van der Waals surface area contributed by atoms with E-state index < -0.39 is 0 Å². The van der Waals surface area contributed by atoms with Crippen LogP contribution in [0.2, 0.25) is 0 Å². The summed E-state index contributed by atoms with van der Waals surface area (Å²) in [7, 11) is 0. The summed E-state index contributed by atoms with van der Waals surface area (Å²) in [5.74, 6) is 0.711. The van der Waals surface area contributed by atoms with E-state index in [9.17, 15) is 0 Å². The third-order valence-corrected chi connectivity index (χ3v) is 2.66. The number of hydrogen-bond acceptors (Lipinski definition) is 6. The van der Waals surface area contributed by atoms with E-state index in [1.807, 2.05) is 31.2 Å². The first kappa shape index (κ1) is 12.0. The van der Waals surface area contributed by atoms with Gasteiger partial charge in [0.05, 0.1) is 5.56 Å². The lowest BCUT2D eigenvalue weighted by molar-refractivity contribution is 0.431. The minimum absolute atomic E-state index is 0.299. The quantitative estimate of drug-likeness (QED) is 0.705. The van der Waals surface area contributed by atoms with E-state index in [2.05, 4.69) is 20.1 Å². The molecule has 0 aliphatic carbocycles. The van der Waals surface area contributed by atoms with Gasteiger partial charge in [0.2, 0.25) is 5.82 Å². The second-order valence-corrected chi connectivity index (χ2v) is 4.13. The van der Waals surface area contributed by atoms with Gasteiger partial charge in [-0.3, -0.25) is 0 Å². The lowest BCUT2D eigenvalue weighted by Crippen LogP contribution is -1.88. The lowest BCUT2D eigenvalue weighted by Gasteiger charge is -1.94. The van der Waals surface area contributed by atoms with Crippen LogP contribution in [0, 0.1) is 18.3 Å². The van der Waals surface area contributed by atoms with Crippen LogP contribution in [-0.2, 0) is 0 Å². The fourth-order valence-electron chi connectivity index (χ4n) is 1.69. The number of pyridine rings is 2. The van der Waals surface area contributed by atoms with Crippen LogP contribution in [0.3, 0.4) is 0 Å². The van der Waals surface area contributed by atoms with Gasteiger partial charge in [-0.2, -0.15) is 10.2 Å². The zero-order chi connectivity index (χ0) is 13.9. The maximum absolute atomic E-state index is 8.73. The molecule has 0 fully saturated rings. The molecule has 0 radical (unpaired) electrons. The minimum atomic E-state index is 0.299. The van der Waals surface area contributed by atoms with Crippen LogP contribution in [0.4, 0.5) is 0 Å². The Bertz CT molecular complexity index is 786. The molecule has 0 aliphatic heterocycles. The van der Waals surface area contributed by atoms with Crippen molar-refractivity contribution in [2.75, 3.05) is 0 Å². The highest BCUT2D eigenvalue weighted by Gasteiger charge is 2.12. The summed E-state index contributed by atoms with van der Waals surface area (Å²) in [5.41, 5.74) is 2.53. The number of aromatic nitrogens is 4. The summed E-state index contributed by atoms with van der Waals surface area (Å²) in [6.45, 7) is 1.90. The lowest BCUT2D eigenvalue weighted by atomic mass is 10.2. The molecular weight excluding hydrogens is 254 g/mol. The Morgan fingerprint density at radius 3 is 2.70 bits per heavy atom. The molecule has 0 aliphatic rings. The van der Waals surface area contributed by atoms with Gasteiger partial charge >= 0.3 is 0 Å². The Morgan fingerprint density at radius 1 is 1.10 bits per heavy atom. The molecule has 20 heavy (non-hydrogen) atoms. The molecule has 0 unspecified atom stereocenters. The Kier molecular flexibility index (Phi) is 2.94. The highest BCUT2D eigenvalue weighted by atomic mass is 16.5. The zero-order valence-electron chi connectivity index (χ0n) is 10.6. The van der Waals surface area contributed by atoms with Crippen LogP contribution < -0.4 is 0 Å². The molecule has 0 spiro atoms. The van der Waals surface area contributed by atoms with Crippen molar-refractivity contribution in [3.63, 3.8) is 0 Å². The summed E-state index contributed by atoms with van der Waals surface area (Å²) >= 11 is 0. The molecule has 3 heterocycles. The molecule has 0 amide bonds. The van der Waals surface area contributed by atoms with Gasteiger partial charge in [-0.25, -0.2) is 9.97 Å². The average Bonchev–Trinajstić information content (AvgIpc) is 2.97. The molecule has 6 nitrogen and oxygen atoms in total. The molecule has 3 aromatic rings. The van der Waals surface area contributed by atoms with E-state index in [-0.39, 0.29) is 0 Å². The van der Waals surface area contributed by atoms with Crippen molar-refractivity contribution in [3.8, 4) is 29.2 Å². The van der Waals surface area contributed by atoms with Crippen molar-refractivity contribution in [3.05, 3.63) is 47.8 Å². The molecule has 0 bridgehead atoms. The highest BCUT2D eigenvalue weighted by Crippen LogP contribution is 2.19. The van der Waals surface area contributed by atoms with Gasteiger partial charge < -0.3 is 4.52 Å². The molecule has 0 saturated carbocycles. The van der Waals surface area contributed by atoms with Gasteiger partial charge in [0, 0.05) is 11.9 Å². The number of nitriles is 1. The van der Waals surface area contributed by atoms with Gasteiger partial charge in [0.15, 0.2) is 0 Å². The summed E-state index contributed by atoms with van der Waals surface area (Å²) in [6.07, 6.45) is 1.46. The van der Waals surface area contributed by atoms with Gasteiger partial charge in [0.1, 0.15) is 17.5 Å². The predicted molar refractivity (Wildman–Crippen MR) is 70.2 cm³/mol. The average molecular weight is 263 g/mol. The molecule has 0 atom stereocenters. The fourth-order valence-corrected chi connectivity index (χ4v) is 1.69. The van der Waals surface area contributed by atoms with Gasteiger partial charge in [-0.15, -0.1) is 0 Å². The van der Waals surface area contributed by atoms with Crippen LogP contribution in [0.15, 0.2) is 41.1 Å². The van der Waals surface area contributed by atoms with Crippen molar-refractivity contribution >= 4 is 0 Å². The molecule has 0 saturated heterocycles. The number of hydrogen-bond donors (Lipinski definition) is 0. The summed E-state index contributed by atoms with van der Waals surface area (Å²) in [5, 5.41) is 12.6. The smallest absolute Gasteiger partial charge is 0.276 e. The first-order valence-electron chi connectivity index (χ1n) is 5.90. The molecule has 0 aromatic carbocycles. The fraction of sp³-hybridized carbons (Fsp3) is 0.0714. The zero-order valence-corrected chi connectivity index (χ0v) is 10.6. The van der Waals surface area contributed by atoms with Crippen molar-refractivity contribution in [2.24, 2.45) is 0 Å². The Hall–Kier alpha value is -3.07. The van der Waals surface area contributed by atoms with Crippen molar-refractivity contribution in [2.45, 2.75) is 6.92 Å². The maximum atomic E-state index is 8.73. The van der Waals surface area contributed by atoms with Crippen LogP contribution in [-0.4, -0.2) is 20.1 Å². The third kappa shape index (κ3) is 2.24. The Labute approximate surface area is 114 Å². The second-order valence-electron chi connectivity index (χ2n) is 4.13. The molecule has 0 N–H and O–H groups in total. The molecule has 3 aromatic heterocycles. The number of nitrogens with zero attached hydrogens (tertiary/aromatic N) is 5. The van der Waals surface area contributed by atoms with Crippen molar-refractivity contribution < 1.29 is 4.52 Å². The minimum Gasteiger partial charge on any atom is -0.332 e. The normalized spacial score (nSPS) is 10.2. The van der Waals surface area contributed by atoms with Gasteiger partial charge in [-0.05, 0) is 31.2 Å². The van der Waals surface area contributed by atoms with E-state index in [4.69, 9.17) is 9.78 Å². The second kappa shape index (κ2) is 4.90. The molecule has 96 valence electrons. The first-order chi connectivity index (χ1) is 9.76. The molecule has 3 rings (SSSR count). The van der Waals surface area contributed by atoms with Crippen LogP contribution in [0.25, 0.3) is 23.1 Å². The van der Waals surface area contributed by atoms with Gasteiger partial charge in [-0.1, -0.05) is 11.2 Å². The van der Waals surface area contributed by atoms with Crippen molar-refractivity contribution in [1.29, 1.82) is 5.26 Å². The molecular formula is C14H9N5O. The van der Waals surface area contributed by atoms with E-state index in [1.54, 1.807) is 12.1 Å². The summed E-state index contributed by atoms with van der Waals surface area (Å²) in [6, 6.07) is 10.9. The van der Waals surface area contributed by atoms with E-state index in [1.165, 1.54) is 6.20 Å². The monoisotopic (exact) mass is 263 g/mol. The van der Waals surface area contributed by atoms with E-state index >= 15 is 0 Å². The van der Waals surface area contributed by atoms with Crippen LogP contribution in [0.5, 0.6) is 0 Å². The van der Waals surface area contributed by atoms with Crippen molar-refractivity contribution in [1.82, 2.24) is 20.1 Å². The highest BCUT2D eigenvalue weighted by molar-refractivity contribution is 5.54. The Morgan fingerprint density at radius 2 is 2.00 bits per heavy atom. The van der Waals surface area contributed by atoms with Crippen LogP contribution in [0.1, 0.15) is 11.3 Å². The molecule has 6 heteroatoms. The standard InChI is InChI=1S/C14H9N5O/c1-9-3-2-4-11(17-9)13-18-14(20-19-13)12-6-5-10(7-15)8-16-12/h2-6,8H,1H3. The van der Waals surface area contributed by atoms with Crippen LogP contribution >= 0.6 is 0 Å². The van der Waals surface area contributed by atoms with E-state index in [0.29, 0.717) is 28.7 Å². The van der Waals surface area contributed by atoms with E-state index in [0.717, 1.165) is 5.69 Å². The topological polar surface area (TPSA) is 88.5 Å². The first-order valence-corrected chi connectivity index (χ1v) is 5.90. The number of aryl methyl sites for hydroxylation is 1. The third-order valence-electron chi connectivity index (χ3n) is 2.66. The predicted octanol–water partition coefficient (Wildman–Crippen LogP) is 2.37. The number of rotatable bonds is 2.